The van der Waals surface area contributed by atoms with E-state index in [1.54, 1.807) is 19.4 Å². The summed E-state index contributed by atoms with van der Waals surface area (Å²) in [5, 5.41) is 3.33. The predicted octanol–water partition coefficient (Wildman–Crippen LogP) is 1.82. The minimum atomic E-state index is -0.562. The SMILES string of the molecule is Cn1ccnc(N2CCC(NCc3cc(F)cc(F)c3)CC2)c1=O. The maximum atomic E-state index is 13.2. The molecule has 128 valence electrons. The van der Waals surface area contributed by atoms with E-state index < -0.39 is 11.6 Å². The van der Waals surface area contributed by atoms with Crippen LogP contribution in [0.15, 0.2) is 35.4 Å². The molecule has 0 unspecified atom stereocenters. The summed E-state index contributed by atoms with van der Waals surface area (Å²) >= 11 is 0. The zero-order valence-electron chi connectivity index (χ0n) is 13.5. The number of piperidine rings is 1. The van der Waals surface area contributed by atoms with Gasteiger partial charge in [-0.2, -0.15) is 0 Å². The molecular formula is C17H20F2N4O. The van der Waals surface area contributed by atoms with Crippen LogP contribution < -0.4 is 15.8 Å². The smallest absolute Gasteiger partial charge is 0.293 e. The largest absolute Gasteiger partial charge is 0.352 e. The van der Waals surface area contributed by atoms with Crippen LogP contribution in [0.3, 0.4) is 0 Å². The van der Waals surface area contributed by atoms with Gasteiger partial charge in [-0.25, -0.2) is 13.8 Å². The second kappa shape index (κ2) is 7.09. The Morgan fingerprint density at radius 2 is 1.88 bits per heavy atom. The van der Waals surface area contributed by atoms with Gasteiger partial charge in [0.2, 0.25) is 0 Å². The molecule has 2 heterocycles. The standard InChI is InChI=1S/C17H20F2N4O/c1-22-7-4-20-16(17(22)24)23-5-2-15(3-6-23)21-11-12-8-13(18)10-14(19)9-12/h4,7-10,15,21H,2-3,5-6,11H2,1H3. The molecule has 24 heavy (non-hydrogen) atoms. The number of hydrogen-bond acceptors (Lipinski definition) is 4. The molecule has 1 aromatic carbocycles. The number of hydrogen-bond donors (Lipinski definition) is 1. The number of rotatable bonds is 4. The van der Waals surface area contributed by atoms with Gasteiger partial charge < -0.3 is 14.8 Å². The molecule has 0 atom stereocenters. The highest BCUT2D eigenvalue weighted by atomic mass is 19.1. The van der Waals surface area contributed by atoms with Crippen LogP contribution in [-0.2, 0) is 13.6 Å². The summed E-state index contributed by atoms with van der Waals surface area (Å²) in [6.07, 6.45) is 4.95. The Labute approximate surface area is 138 Å². The van der Waals surface area contributed by atoms with Gasteiger partial charge in [-0.3, -0.25) is 4.79 Å². The molecule has 1 aliphatic heterocycles. The van der Waals surface area contributed by atoms with E-state index >= 15 is 0 Å². The highest BCUT2D eigenvalue weighted by Crippen LogP contribution is 2.15. The Kier molecular flexibility index (Phi) is 4.89. The first-order valence-electron chi connectivity index (χ1n) is 7.98. The number of aryl methyl sites for hydroxylation is 1. The maximum Gasteiger partial charge on any atom is 0.293 e. The number of aromatic nitrogens is 2. The summed E-state index contributed by atoms with van der Waals surface area (Å²) in [7, 11) is 1.71. The summed E-state index contributed by atoms with van der Waals surface area (Å²) in [4.78, 5) is 18.3. The fourth-order valence-corrected chi connectivity index (χ4v) is 2.97. The van der Waals surface area contributed by atoms with E-state index in [9.17, 15) is 13.6 Å². The van der Waals surface area contributed by atoms with Crippen molar-refractivity contribution in [3.8, 4) is 0 Å². The van der Waals surface area contributed by atoms with Crippen LogP contribution >= 0.6 is 0 Å². The Bertz CT molecular complexity index is 749. The van der Waals surface area contributed by atoms with Gasteiger partial charge in [0.25, 0.3) is 5.56 Å². The lowest BCUT2D eigenvalue weighted by molar-refractivity contribution is 0.411. The van der Waals surface area contributed by atoms with Gasteiger partial charge >= 0.3 is 0 Å². The van der Waals surface area contributed by atoms with Crippen molar-refractivity contribution in [3.05, 3.63) is 58.1 Å². The van der Waals surface area contributed by atoms with Crippen molar-refractivity contribution >= 4 is 5.82 Å². The van der Waals surface area contributed by atoms with Crippen LogP contribution in [0.5, 0.6) is 0 Å². The van der Waals surface area contributed by atoms with Gasteiger partial charge in [0.1, 0.15) is 11.6 Å². The topological polar surface area (TPSA) is 50.2 Å². The molecule has 1 aromatic heterocycles. The fourth-order valence-electron chi connectivity index (χ4n) is 2.97. The second-order valence-electron chi connectivity index (χ2n) is 6.09. The number of benzene rings is 1. The van der Waals surface area contributed by atoms with Crippen molar-refractivity contribution in [3.63, 3.8) is 0 Å². The molecule has 0 radical (unpaired) electrons. The lowest BCUT2D eigenvalue weighted by Crippen LogP contribution is -2.44. The fraction of sp³-hybridized carbons (Fsp3) is 0.412. The van der Waals surface area contributed by atoms with E-state index in [0.29, 0.717) is 17.9 Å². The third-order valence-corrected chi connectivity index (χ3v) is 4.31. The second-order valence-corrected chi connectivity index (χ2v) is 6.09. The highest BCUT2D eigenvalue weighted by Gasteiger charge is 2.21. The summed E-state index contributed by atoms with van der Waals surface area (Å²) < 4.78 is 27.9. The molecule has 3 rings (SSSR count). The number of anilines is 1. The summed E-state index contributed by atoms with van der Waals surface area (Å²) in [6, 6.07) is 3.79. The zero-order chi connectivity index (χ0) is 17.1. The zero-order valence-corrected chi connectivity index (χ0v) is 13.5. The van der Waals surface area contributed by atoms with Gasteiger partial charge in [-0.15, -0.1) is 0 Å². The van der Waals surface area contributed by atoms with Crippen LogP contribution in [0.25, 0.3) is 0 Å². The first-order chi connectivity index (χ1) is 11.5. The molecule has 1 fully saturated rings. The van der Waals surface area contributed by atoms with Crippen molar-refractivity contribution in [2.75, 3.05) is 18.0 Å². The molecule has 5 nitrogen and oxygen atoms in total. The maximum absolute atomic E-state index is 13.2. The molecule has 0 aliphatic carbocycles. The van der Waals surface area contributed by atoms with Crippen LogP contribution in [0.1, 0.15) is 18.4 Å². The molecule has 7 heteroatoms. The molecule has 0 saturated carbocycles. The first kappa shape index (κ1) is 16.6. The molecule has 0 spiro atoms. The van der Waals surface area contributed by atoms with E-state index in [1.807, 2.05) is 4.90 Å². The van der Waals surface area contributed by atoms with E-state index in [0.717, 1.165) is 32.0 Å². The van der Waals surface area contributed by atoms with Crippen LogP contribution in [0.2, 0.25) is 0 Å². The van der Waals surface area contributed by atoms with Crippen molar-refractivity contribution in [2.24, 2.45) is 7.05 Å². The molecule has 2 aromatic rings. The lowest BCUT2D eigenvalue weighted by atomic mass is 10.0. The highest BCUT2D eigenvalue weighted by molar-refractivity contribution is 5.36. The molecule has 0 bridgehead atoms. The first-order valence-corrected chi connectivity index (χ1v) is 7.98. The van der Waals surface area contributed by atoms with E-state index in [4.69, 9.17) is 0 Å². The van der Waals surface area contributed by atoms with Crippen molar-refractivity contribution in [1.82, 2.24) is 14.9 Å². The van der Waals surface area contributed by atoms with Crippen molar-refractivity contribution < 1.29 is 8.78 Å². The number of halogens is 2. The Hall–Kier alpha value is -2.28. The average molecular weight is 334 g/mol. The van der Waals surface area contributed by atoms with Gasteiger partial charge in [-0.05, 0) is 30.5 Å². The van der Waals surface area contributed by atoms with Crippen molar-refractivity contribution in [1.29, 1.82) is 0 Å². The van der Waals surface area contributed by atoms with E-state index in [-0.39, 0.29) is 11.6 Å². The third kappa shape index (κ3) is 3.79. The lowest BCUT2D eigenvalue weighted by Gasteiger charge is -2.32. The molecular weight excluding hydrogens is 314 g/mol. The molecule has 1 N–H and O–H groups in total. The van der Waals surface area contributed by atoms with E-state index in [2.05, 4.69) is 10.3 Å². The minimum absolute atomic E-state index is 0.0980. The van der Waals surface area contributed by atoms with Crippen LogP contribution in [0.4, 0.5) is 14.6 Å². The summed E-state index contributed by atoms with van der Waals surface area (Å²) in [5.74, 6) is -0.647. The molecule has 1 aliphatic rings. The summed E-state index contributed by atoms with van der Waals surface area (Å²) in [6.45, 7) is 1.87. The monoisotopic (exact) mass is 334 g/mol. The van der Waals surface area contributed by atoms with Crippen LogP contribution in [-0.4, -0.2) is 28.7 Å². The number of nitrogens with one attached hydrogen (secondary N) is 1. The molecule has 1 saturated heterocycles. The van der Waals surface area contributed by atoms with Gasteiger partial charge in [0.05, 0.1) is 0 Å². The summed E-state index contributed by atoms with van der Waals surface area (Å²) in [5.41, 5.74) is 0.493. The number of nitrogens with zero attached hydrogens (tertiary/aromatic N) is 3. The Morgan fingerprint density at radius 1 is 1.21 bits per heavy atom. The van der Waals surface area contributed by atoms with Crippen molar-refractivity contribution in [2.45, 2.75) is 25.4 Å². The quantitative estimate of drug-likeness (QED) is 0.927. The average Bonchev–Trinajstić information content (AvgIpc) is 2.55. The Morgan fingerprint density at radius 3 is 2.54 bits per heavy atom. The third-order valence-electron chi connectivity index (χ3n) is 4.31. The van der Waals surface area contributed by atoms with Gasteiger partial charge in [-0.1, -0.05) is 0 Å². The van der Waals surface area contributed by atoms with Crippen LogP contribution in [0, 0.1) is 11.6 Å². The van der Waals surface area contributed by atoms with E-state index in [1.165, 1.54) is 16.7 Å². The predicted molar refractivity (Wildman–Crippen MR) is 87.9 cm³/mol. The normalized spacial score (nSPS) is 15.7. The minimum Gasteiger partial charge on any atom is -0.352 e. The molecule has 0 amide bonds. The van der Waals surface area contributed by atoms with Gasteiger partial charge in [0.15, 0.2) is 5.82 Å². The Balaban J connectivity index is 1.55. The van der Waals surface area contributed by atoms with Gasteiger partial charge in [0, 0.05) is 51.2 Å².